The molecule has 0 aromatic heterocycles. The van der Waals surface area contributed by atoms with E-state index in [1.165, 1.54) is 4.31 Å². The van der Waals surface area contributed by atoms with Crippen molar-refractivity contribution < 1.29 is 13.2 Å². The van der Waals surface area contributed by atoms with Gasteiger partial charge in [0.1, 0.15) is 0 Å². The molecule has 0 saturated carbocycles. The molecule has 0 spiro atoms. The van der Waals surface area contributed by atoms with Gasteiger partial charge in [-0.05, 0) is 55.3 Å². The first-order valence-electron chi connectivity index (χ1n) is 7.55. The van der Waals surface area contributed by atoms with Crippen LogP contribution < -0.4 is 9.62 Å². The smallest absolute Gasteiger partial charge is 0.255 e. The third-order valence-corrected chi connectivity index (χ3v) is 6.07. The summed E-state index contributed by atoms with van der Waals surface area (Å²) in [6.45, 7) is 2.36. The number of rotatable bonds is 3. The third kappa shape index (κ3) is 3.39. The van der Waals surface area contributed by atoms with Crippen molar-refractivity contribution >= 4 is 38.9 Å². The fraction of sp³-hybridized carbons (Fsp3) is 0.235. The molecule has 0 bridgehead atoms. The first-order chi connectivity index (χ1) is 11.4. The molecule has 3 rings (SSSR count). The normalized spacial score (nSPS) is 16.2. The molecule has 5 nitrogen and oxygen atoms in total. The van der Waals surface area contributed by atoms with Gasteiger partial charge in [-0.1, -0.05) is 17.7 Å². The lowest BCUT2D eigenvalue weighted by atomic mass is 10.1. The van der Waals surface area contributed by atoms with Crippen molar-refractivity contribution in [3.05, 3.63) is 58.6 Å². The number of hydrogen-bond donors (Lipinski definition) is 1. The molecule has 2 aromatic rings. The van der Waals surface area contributed by atoms with E-state index in [1.807, 2.05) is 13.0 Å². The van der Waals surface area contributed by atoms with Gasteiger partial charge in [-0.3, -0.25) is 9.10 Å². The van der Waals surface area contributed by atoms with Crippen LogP contribution in [-0.4, -0.2) is 26.6 Å². The lowest BCUT2D eigenvalue weighted by Gasteiger charge is -2.17. The molecule has 1 N–H and O–H groups in total. The second-order valence-electron chi connectivity index (χ2n) is 5.70. The van der Waals surface area contributed by atoms with Gasteiger partial charge in [-0.25, -0.2) is 8.42 Å². The van der Waals surface area contributed by atoms with Crippen molar-refractivity contribution in [3.8, 4) is 0 Å². The molecular formula is C17H17ClN2O3S. The van der Waals surface area contributed by atoms with Gasteiger partial charge in [-0.15, -0.1) is 0 Å². The fourth-order valence-electron chi connectivity index (χ4n) is 2.63. The maximum atomic E-state index is 12.4. The Bertz CT molecular complexity index is 879. The average molecular weight is 365 g/mol. The molecule has 7 heteroatoms. The number of hydrogen-bond acceptors (Lipinski definition) is 3. The zero-order chi connectivity index (χ0) is 17.3. The van der Waals surface area contributed by atoms with Crippen molar-refractivity contribution in [2.75, 3.05) is 21.9 Å². The van der Waals surface area contributed by atoms with Crippen LogP contribution in [0.1, 0.15) is 22.3 Å². The molecule has 24 heavy (non-hydrogen) atoms. The minimum absolute atomic E-state index is 0.170. The van der Waals surface area contributed by atoms with Crippen LogP contribution in [0.15, 0.2) is 42.5 Å². The van der Waals surface area contributed by atoms with Crippen molar-refractivity contribution in [1.82, 2.24) is 0 Å². The Morgan fingerprint density at radius 3 is 2.50 bits per heavy atom. The Morgan fingerprint density at radius 1 is 1.17 bits per heavy atom. The highest BCUT2D eigenvalue weighted by molar-refractivity contribution is 7.93. The van der Waals surface area contributed by atoms with Gasteiger partial charge in [0.05, 0.1) is 11.4 Å². The highest BCUT2D eigenvalue weighted by atomic mass is 35.5. The topological polar surface area (TPSA) is 66.5 Å². The standard InChI is InChI=1S/C17H17ClN2O3S/c1-12-3-6-14(18)11-16(12)19-17(21)13-4-7-15(8-5-13)20-9-2-10-24(20,22)23/h3-8,11H,2,9-10H2,1H3,(H,19,21). The van der Waals surface area contributed by atoms with Crippen molar-refractivity contribution in [1.29, 1.82) is 0 Å². The van der Waals surface area contributed by atoms with E-state index >= 15 is 0 Å². The van der Waals surface area contributed by atoms with Crippen LogP contribution in [-0.2, 0) is 10.0 Å². The second-order valence-corrected chi connectivity index (χ2v) is 8.15. The quantitative estimate of drug-likeness (QED) is 0.907. The summed E-state index contributed by atoms with van der Waals surface area (Å²) >= 11 is 5.95. The number of benzene rings is 2. The first kappa shape index (κ1) is 16.8. The highest BCUT2D eigenvalue weighted by Crippen LogP contribution is 2.25. The van der Waals surface area contributed by atoms with E-state index in [-0.39, 0.29) is 11.7 Å². The molecule has 1 aliphatic rings. The summed E-state index contributed by atoms with van der Waals surface area (Å²) in [4.78, 5) is 12.4. The van der Waals surface area contributed by atoms with Crippen LogP contribution in [0, 0.1) is 6.92 Å². The van der Waals surface area contributed by atoms with Crippen LogP contribution in [0.2, 0.25) is 5.02 Å². The molecule has 1 heterocycles. The highest BCUT2D eigenvalue weighted by Gasteiger charge is 2.28. The lowest BCUT2D eigenvalue weighted by Crippen LogP contribution is -2.25. The van der Waals surface area contributed by atoms with Gasteiger partial charge in [0, 0.05) is 22.8 Å². The number of carbonyl (C=O) groups is 1. The average Bonchev–Trinajstić information content (AvgIpc) is 2.90. The Balaban J connectivity index is 1.78. The largest absolute Gasteiger partial charge is 0.322 e. The van der Waals surface area contributed by atoms with Crippen molar-refractivity contribution in [2.24, 2.45) is 0 Å². The summed E-state index contributed by atoms with van der Waals surface area (Å²) in [5, 5.41) is 3.36. The minimum Gasteiger partial charge on any atom is -0.322 e. The summed E-state index contributed by atoms with van der Waals surface area (Å²) in [5.41, 5.74) is 2.60. The Labute approximate surface area is 146 Å². The first-order valence-corrected chi connectivity index (χ1v) is 9.53. The molecule has 1 saturated heterocycles. The number of sulfonamides is 1. The van der Waals surface area contributed by atoms with Crippen molar-refractivity contribution in [3.63, 3.8) is 0 Å². The zero-order valence-corrected chi connectivity index (χ0v) is 14.7. The monoisotopic (exact) mass is 364 g/mol. The van der Waals surface area contributed by atoms with E-state index in [4.69, 9.17) is 11.6 Å². The van der Waals surface area contributed by atoms with Gasteiger partial charge in [-0.2, -0.15) is 0 Å². The van der Waals surface area contributed by atoms with Crippen LogP contribution in [0.5, 0.6) is 0 Å². The zero-order valence-electron chi connectivity index (χ0n) is 13.1. The number of carbonyl (C=O) groups excluding carboxylic acids is 1. The lowest BCUT2D eigenvalue weighted by molar-refractivity contribution is 0.102. The van der Waals surface area contributed by atoms with Gasteiger partial charge in [0.2, 0.25) is 10.0 Å². The van der Waals surface area contributed by atoms with E-state index in [9.17, 15) is 13.2 Å². The second kappa shape index (κ2) is 6.45. The van der Waals surface area contributed by atoms with Gasteiger partial charge in [0.15, 0.2) is 0 Å². The summed E-state index contributed by atoms with van der Waals surface area (Å²) < 4.78 is 25.2. The molecule has 2 aromatic carbocycles. The number of anilines is 2. The Morgan fingerprint density at radius 2 is 1.88 bits per heavy atom. The van der Waals surface area contributed by atoms with E-state index in [0.717, 1.165) is 5.56 Å². The van der Waals surface area contributed by atoms with E-state index in [2.05, 4.69) is 5.32 Å². The molecule has 126 valence electrons. The number of aryl methyl sites for hydroxylation is 1. The third-order valence-electron chi connectivity index (χ3n) is 3.96. The molecule has 0 unspecified atom stereocenters. The summed E-state index contributed by atoms with van der Waals surface area (Å²) in [7, 11) is -3.21. The van der Waals surface area contributed by atoms with Gasteiger partial charge >= 0.3 is 0 Å². The summed E-state index contributed by atoms with van der Waals surface area (Å²) in [5.74, 6) is -0.0975. The van der Waals surface area contributed by atoms with Gasteiger partial charge in [0.25, 0.3) is 5.91 Å². The summed E-state index contributed by atoms with van der Waals surface area (Å²) in [6.07, 6.45) is 0.624. The van der Waals surface area contributed by atoms with Crippen LogP contribution in [0.4, 0.5) is 11.4 Å². The predicted molar refractivity (Wildman–Crippen MR) is 96.3 cm³/mol. The van der Waals surface area contributed by atoms with Crippen LogP contribution in [0.3, 0.4) is 0 Å². The molecular weight excluding hydrogens is 348 g/mol. The number of amides is 1. The summed E-state index contributed by atoms with van der Waals surface area (Å²) in [6, 6.07) is 11.8. The van der Waals surface area contributed by atoms with E-state index in [1.54, 1.807) is 36.4 Å². The Hall–Kier alpha value is -2.05. The van der Waals surface area contributed by atoms with E-state index < -0.39 is 10.0 Å². The van der Waals surface area contributed by atoms with Crippen molar-refractivity contribution in [2.45, 2.75) is 13.3 Å². The Kier molecular flexibility index (Phi) is 4.51. The minimum atomic E-state index is -3.21. The molecule has 1 aliphatic heterocycles. The van der Waals surface area contributed by atoms with Gasteiger partial charge < -0.3 is 5.32 Å². The van der Waals surface area contributed by atoms with Crippen LogP contribution in [0.25, 0.3) is 0 Å². The number of nitrogens with zero attached hydrogens (tertiary/aromatic N) is 1. The number of halogens is 1. The predicted octanol–water partition coefficient (Wildman–Crippen LogP) is 3.44. The maximum Gasteiger partial charge on any atom is 0.255 e. The molecule has 0 atom stereocenters. The van der Waals surface area contributed by atoms with Crippen LogP contribution >= 0.6 is 11.6 Å². The molecule has 1 fully saturated rings. The molecule has 0 aliphatic carbocycles. The fourth-order valence-corrected chi connectivity index (χ4v) is 4.37. The molecule has 0 radical (unpaired) electrons. The van der Waals surface area contributed by atoms with E-state index in [0.29, 0.717) is 34.9 Å². The SMILES string of the molecule is Cc1ccc(Cl)cc1NC(=O)c1ccc(N2CCCS2(=O)=O)cc1. The number of nitrogens with one attached hydrogen (secondary N) is 1. The molecule has 1 amide bonds. The maximum absolute atomic E-state index is 12.4.